The molecule has 0 N–H and O–H groups in total. The van der Waals surface area contributed by atoms with Crippen LogP contribution in [-0.4, -0.2) is 37.2 Å². The lowest BCUT2D eigenvalue weighted by molar-refractivity contribution is -0.166. The van der Waals surface area contributed by atoms with E-state index < -0.39 is 12.1 Å². The first-order valence-corrected chi connectivity index (χ1v) is 33.7. The Kier molecular flexibility index (Phi) is 63.7. The number of allylic oxidation sites excluding steroid dienone is 16. The Labute approximate surface area is 489 Å². The van der Waals surface area contributed by atoms with E-state index in [4.69, 9.17) is 14.2 Å². The first-order chi connectivity index (χ1) is 39.0. The summed E-state index contributed by atoms with van der Waals surface area (Å²) < 4.78 is 16.9. The van der Waals surface area contributed by atoms with Crippen LogP contribution in [0.4, 0.5) is 0 Å². The van der Waals surface area contributed by atoms with Gasteiger partial charge in [0.05, 0.1) is 0 Å². The van der Waals surface area contributed by atoms with E-state index in [0.717, 1.165) is 103 Å². The van der Waals surface area contributed by atoms with Crippen LogP contribution in [0.25, 0.3) is 0 Å². The van der Waals surface area contributed by atoms with Crippen molar-refractivity contribution in [1.82, 2.24) is 0 Å². The molecule has 0 rings (SSSR count). The number of ether oxygens (including phenoxy) is 3. The summed E-state index contributed by atoms with van der Waals surface area (Å²) >= 11 is 0. The number of rotatable bonds is 61. The second kappa shape index (κ2) is 66.8. The first-order valence-electron chi connectivity index (χ1n) is 33.7. The monoisotopic (exact) mass is 1100 g/mol. The van der Waals surface area contributed by atoms with Crippen LogP contribution in [0, 0.1) is 0 Å². The molecule has 0 bridgehead atoms. The third-order valence-corrected chi connectivity index (χ3v) is 14.6. The van der Waals surface area contributed by atoms with Crippen LogP contribution < -0.4 is 0 Å². The van der Waals surface area contributed by atoms with Crippen molar-refractivity contribution in [3.8, 4) is 0 Å². The molecule has 454 valence electrons. The van der Waals surface area contributed by atoms with Crippen molar-refractivity contribution in [3.05, 3.63) is 97.2 Å². The van der Waals surface area contributed by atoms with E-state index in [9.17, 15) is 14.4 Å². The van der Waals surface area contributed by atoms with E-state index in [0.29, 0.717) is 19.3 Å². The van der Waals surface area contributed by atoms with E-state index in [1.165, 1.54) is 180 Å². The Hall–Kier alpha value is -3.67. The van der Waals surface area contributed by atoms with Crippen molar-refractivity contribution in [2.24, 2.45) is 0 Å². The quantitative estimate of drug-likeness (QED) is 0.0261. The highest BCUT2D eigenvalue weighted by molar-refractivity contribution is 5.71. The SMILES string of the molecule is CC/C=C\C/C=C\C/C=C\C/C=C\C/C=C\C/C=C\CCC(=O)OC(COC(=O)CCCCCCC/C=C\C/C=C\CCCC)COC(=O)CCCCCCCCCCCCCCCCCCCCCCCCCCCCCC. The fourth-order valence-electron chi connectivity index (χ4n) is 9.55. The van der Waals surface area contributed by atoms with Crippen LogP contribution in [0.3, 0.4) is 0 Å². The van der Waals surface area contributed by atoms with Gasteiger partial charge < -0.3 is 14.2 Å². The van der Waals surface area contributed by atoms with Crippen molar-refractivity contribution in [2.45, 2.75) is 335 Å². The second-order valence-electron chi connectivity index (χ2n) is 22.4. The molecule has 6 heteroatoms. The maximum absolute atomic E-state index is 12.9. The Morgan fingerprint density at radius 2 is 0.532 bits per heavy atom. The highest BCUT2D eigenvalue weighted by atomic mass is 16.6. The number of carbonyl (C=O) groups excluding carboxylic acids is 3. The lowest BCUT2D eigenvalue weighted by atomic mass is 10.0. The summed E-state index contributed by atoms with van der Waals surface area (Å²) in [5.41, 5.74) is 0. The first kappa shape index (κ1) is 75.3. The van der Waals surface area contributed by atoms with Crippen molar-refractivity contribution in [2.75, 3.05) is 13.2 Å². The minimum atomic E-state index is -0.825. The van der Waals surface area contributed by atoms with Gasteiger partial charge in [0.25, 0.3) is 0 Å². The number of hydrogen-bond donors (Lipinski definition) is 0. The van der Waals surface area contributed by atoms with Gasteiger partial charge in [0, 0.05) is 19.3 Å². The van der Waals surface area contributed by atoms with Crippen molar-refractivity contribution in [1.29, 1.82) is 0 Å². The van der Waals surface area contributed by atoms with Crippen LogP contribution >= 0.6 is 0 Å². The Morgan fingerprint density at radius 1 is 0.266 bits per heavy atom. The lowest BCUT2D eigenvalue weighted by Gasteiger charge is -2.18. The van der Waals surface area contributed by atoms with Gasteiger partial charge in [-0.15, -0.1) is 0 Å². The summed E-state index contributed by atoms with van der Waals surface area (Å²) in [5, 5.41) is 0. The van der Waals surface area contributed by atoms with E-state index in [1.807, 2.05) is 6.08 Å². The molecule has 79 heavy (non-hydrogen) atoms. The molecule has 1 atom stereocenters. The molecule has 0 aliphatic heterocycles. The highest BCUT2D eigenvalue weighted by Gasteiger charge is 2.19. The number of esters is 3. The zero-order chi connectivity index (χ0) is 57.1. The fourth-order valence-corrected chi connectivity index (χ4v) is 9.55. The third kappa shape index (κ3) is 65.0. The molecular weight excluding hydrogens is 973 g/mol. The van der Waals surface area contributed by atoms with Crippen LogP contribution in [0.2, 0.25) is 0 Å². The number of carbonyl (C=O) groups is 3. The summed E-state index contributed by atoms with van der Waals surface area (Å²) in [6.07, 6.45) is 90.2. The summed E-state index contributed by atoms with van der Waals surface area (Å²) in [6.45, 7) is 6.45. The largest absolute Gasteiger partial charge is 0.462 e. The molecule has 0 aromatic carbocycles. The molecule has 0 saturated carbocycles. The molecule has 0 spiro atoms. The minimum absolute atomic E-state index is 0.110. The van der Waals surface area contributed by atoms with Crippen LogP contribution in [0.5, 0.6) is 0 Å². The van der Waals surface area contributed by atoms with Gasteiger partial charge in [-0.25, -0.2) is 0 Å². The van der Waals surface area contributed by atoms with Crippen molar-refractivity contribution in [3.63, 3.8) is 0 Å². The molecule has 0 amide bonds. The van der Waals surface area contributed by atoms with E-state index in [1.54, 1.807) is 0 Å². The molecule has 0 aromatic rings. The summed E-state index contributed by atoms with van der Waals surface area (Å²) in [6, 6.07) is 0. The van der Waals surface area contributed by atoms with E-state index >= 15 is 0 Å². The van der Waals surface area contributed by atoms with Gasteiger partial charge in [-0.1, -0.05) is 323 Å². The van der Waals surface area contributed by atoms with Crippen LogP contribution in [0.15, 0.2) is 97.2 Å². The van der Waals surface area contributed by atoms with Crippen LogP contribution in [-0.2, 0) is 28.6 Å². The molecule has 0 aliphatic carbocycles. The molecule has 1 unspecified atom stereocenters. The molecular formula is C73H126O6. The predicted molar refractivity (Wildman–Crippen MR) is 344 cm³/mol. The predicted octanol–water partition coefficient (Wildman–Crippen LogP) is 23.2. The second-order valence-corrected chi connectivity index (χ2v) is 22.4. The minimum Gasteiger partial charge on any atom is -0.462 e. The van der Waals surface area contributed by atoms with Gasteiger partial charge in [0.1, 0.15) is 13.2 Å². The zero-order valence-electron chi connectivity index (χ0n) is 52.1. The molecule has 0 saturated heterocycles. The van der Waals surface area contributed by atoms with Gasteiger partial charge >= 0.3 is 17.9 Å². The fraction of sp³-hybridized carbons (Fsp3) is 0.740. The topological polar surface area (TPSA) is 78.9 Å². The average Bonchev–Trinajstić information content (AvgIpc) is 3.45. The third-order valence-electron chi connectivity index (χ3n) is 14.6. The molecule has 0 aromatic heterocycles. The molecule has 0 radical (unpaired) electrons. The van der Waals surface area contributed by atoms with Gasteiger partial charge in [-0.05, 0) is 83.5 Å². The van der Waals surface area contributed by atoms with Gasteiger partial charge in [0.15, 0.2) is 6.10 Å². The zero-order valence-corrected chi connectivity index (χ0v) is 52.1. The molecule has 0 aliphatic rings. The summed E-state index contributed by atoms with van der Waals surface area (Å²) in [7, 11) is 0. The number of unbranched alkanes of at least 4 members (excludes halogenated alkanes) is 34. The summed E-state index contributed by atoms with van der Waals surface area (Å²) in [4.78, 5) is 38.3. The van der Waals surface area contributed by atoms with E-state index in [-0.39, 0.29) is 31.6 Å². The Balaban J connectivity index is 4.33. The lowest BCUT2D eigenvalue weighted by Crippen LogP contribution is -2.30. The molecule has 6 nitrogen and oxygen atoms in total. The normalized spacial score (nSPS) is 12.7. The van der Waals surface area contributed by atoms with Gasteiger partial charge in [0.2, 0.25) is 0 Å². The molecule has 0 fully saturated rings. The highest BCUT2D eigenvalue weighted by Crippen LogP contribution is 2.17. The van der Waals surface area contributed by atoms with Gasteiger partial charge in [-0.3, -0.25) is 14.4 Å². The van der Waals surface area contributed by atoms with Crippen molar-refractivity contribution >= 4 is 17.9 Å². The standard InChI is InChI=1S/C73H126O6/c1-4-7-10-13-16-19-22-25-28-30-32-33-34-35-36-37-38-39-40-42-43-45-48-51-54-57-60-63-66-72(75)78-69-70(68-77-71(74)65-62-59-56-53-50-47-27-24-21-18-15-12-9-6-3)79-73(76)67-64-61-58-55-52-49-46-44-41-31-29-26-23-20-17-14-11-8-5-2/h8,11,15,17-18,20,24,26-27,29,41,44,49,52,58,61,70H,4-7,9-10,12-14,16,19,21-23,25,28,30-40,42-43,45-48,50-51,53-57,59-60,62-69H2,1-3H3/b11-8-,18-15-,20-17-,27-24-,29-26-,44-41-,52-49-,61-58-. The average molecular weight is 1100 g/mol. The van der Waals surface area contributed by atoms with Crippen molar-refractivity contribution < 1.29 is 28.6 Å². The smallest absolute Gasteiger partial charge is 0.306 e. The summed E-state index contributed by atoms with van der Waals surface area (Å²) in [5.74, 6) is -0.998. The van der Waals surface area contributed by atoms with Gasteiger partial charge in [-0.2, -0.15) is 0 Å². The maximum atomic E-state index is 12.9. The number of hydrogen-bond acceptors (Lipinski definition) is 6. The van der Waals surface area contributed by atoms with E-state index in [2.05, 4.69) is 112 Å². The Morgan fingerprint density at radius 3 is 0.861 bits per heavy atom. The Bertz CT molecular complexity index is 1540. The maximum Gasteiger partial charge on any atom is 0.306 e. The molecule has 0 heterocycles. The van der Waals surface area contributed by atoms with Crippen LogP contribution in [0.1, 0.15) is 329 Å².